The minimum absolute atomic E-state index is 0.142. The van der Waals surface area contributed by atoms with Gasteiger partial charge in [0.15, 0.2) is 5.82 Å². The van der Waals surface area contributed by atoms with Crippen molar-refractivity contribution in [3.8, 4) is 5.75 Å². The van der Waals surface area contributed by atoms with Gasteiger partial charge in [-0.1, -0.05) is 44.9 Å². The SMILES string of the molecule is CCC(CC)COC(=O)[C@H](C)N[P@](=O)(OC[C@@]1(CF)O[C@@H](c2ccc3c(N)ncnn23)[C@H](O)[C@@H]1O)Oc1ccccc1. The van der Waals surface area contributed by atoms with Crippen LogP contribution in [0.25, 0.3) is 5.52 Å². The Labute approximate surface area is 242 Å². The first-order chi connectivity index (χ1) is 20.1. The zero-order valence-electron chi connectivity index (χ0n) is 23.6. The second-order valence-corrected chi connectivity index (χ2v) is 11.9. The molecule has 42 heavy (non-hydrogen) atoms. The number of ether oxygens (including phenoxy) is 2. The molecule has 0 spiro atoms. The number of esters is 1. The highest BCUT2D eigenvalue weighted by Crippen LogP contribution is 2.48. The standard InChI is InChI=1S/C27H37FN5O8P/c1-4-18(5-2)13-38-26(36)17(3)32-42(37,41-19-9-7-6-8-10-19)39-15-27(14-28)24(35)22(34)23(40-27)20-11-12-21-25(29)30-16-31-33(20)21/h6-12,16-18,22-24,34-35H,4-5,13-15H2,1-3H3,(H,32,37)(H2,29,30,31)/t17-,22-,23-,24-,27+,42-/m0/s1. The lowest BCUT2D eigenvalue weighted by atomic mass is 9.96. The predicted molar refractivity (Wildman–Crippen MR) is 150 cm³/mol. The highest BCUT2D eigenvalue weighted by molar-refractivity contribution is 7.52. The Morgan fingerprint density at radius 3 is 2.62 bits per heavy atom. The molecular weight excluding hydrogens is 572 g/mol. The topological polar surface area (TPSA) is 180 Å². The fraction of sp³-hybridized carbons (Fsp3) is 0.519. The zero-order valence-corrected chi connectivity index (χ0v) is 24.5. The van der Waals surface area contributed by atoms with Crippen molar-refractivity contribution >= 4 is 25.1 Å². The van der Waals surface area contributed by atoms with Crippen molar-refractivity contribution in [2.75, 3.05) is 25.6 Å². The van der Waals surface area contributed by atoms with Gasteiger partial charge in [-0.15, -0.1) is 0 Å². The number of aromatic nitrogens is 3. The number of fused-ring (bicyclic) bond motifs is 1. The van der Waals surface area contributed by atoms with Crippen molar-refractivity contribution in [1.82, 2.24) is 19.7 Å². The van der Waals surface area contributed by atoms with Gasteiger partial charge in [0.1, 0.15) is 54.2 Å². The molecule has 4 rings (SSSR count). The van der Waals surface area contributed by atoms with Crippen LogP contribution in [-0.2, 0) is 23.4 Å². The van der Waals surface area contributed by atoms with Crippen LogP contribution in [0.1, 0.15) is 45.4 Å². The maximum atomic E-state index is 14.7. The van der Waals surface area contributed by atoms with Crippen LogP contribution >= 0.6 is 7.75 Å². The molecule has 3 aromatic rings. The van der Waals surface area contributed by atoms with Crippen LogP contribution in [0.2, 0.25) is 0 Å². The first-order valence-corrected chi connectivity index (χ1v) is 15.2. The maximum Gasteiger partial charge on any atom is 0.459 e. The Kier molecular flexibility index (Phi) is 10.2. The van der Waals surface area contributed by atoms with E-state index in [1.807, 2.05) is 13.8 Å². The molecule has 3 heterocycles. The zero-order chi connectivity index (χ0) is 30.5. The molecule has 1 fully saturated rings. The van der Waals surface area contributed by atoms with Gasteiger partial charge in [0.2, 0.25) is 0 Å². The Balaban J connectivity index is 1.54. The van der Waals surface area contributed by atoms with Crippen LogP contribution in [0.5, 0.6) is 5.75 Å². The minimum atomic E-state index is -4.43. The highest BCUT2D eigenvalue weighted by atomic mass is 31.2. The van der Waals surface area contributed by atoms with E-state index in [4.69, 9.17) is 24.3 Å². The Morgan fingerprint density at radius 1 is 1.24 bits per heavy atom. The molecule has 0 radical (unpaired) electrons. The molecule has 0 amide bonds. The number of nitrogen functional groups attached to an aromatic ring is 1. The second kappa shape index (κ2) is 13.4. The number of benzene rings is 1. The number of hydrogen-bond donors (Lipinski definition) is 4. The van der Waals surface area contributed by atoms with Gasteiger partial charge in [-0.3, -0.25) is 9.32 Å². The molecule has 1 aliphatic heterocycles. The third-order valence-electron chi connectivity index (χ3n) is 7.33. The number of anilines is 1. The van der Waals surface area contributed by atoms with Gasteiger partial charge < -0.3 is 29.9 Å². The van der Waals surface area contributed by atoms with Crippen molar-refractivity contribution in [3.63, 3.8) is 0 Å². The molecule has 2 aromatic heterocycles. The van der Waals surface area contributed by atoms with Crippen LogP contribution in [0.4, 0.5) is 10.2 Å². The Hall–Kier alpha value is -3.13. The summed E-state index contributed by atoms with van der Waals surface area (Å²) in [6.07, 6.45) is -1.81. The van der Waals surface area contributed by atoms with Gasteiger partial charge in [0, 0.05) is 0 Å². The summed E-state index contributed by atoms with van der Waals surface area (Å²) in [5.41, 5.74) is 4.43. The molecule has 6 atom stereocenters. The van der Waals surface area contributed by atoms with Crippen LogP contribution in [0.15, 0.2) is 48.8 Å². The number of rotatable bonds is 14. The van der Waals surface area contributed by atoms with Gasteiger partial charge in [0.25, 0.3) is 0 Å². The molecule has 15 heteroatoms. The summed E-state index contributed by atoms with van der Waals surface area (Å²) < 4.78 is 52.5. The average Bonchev–Trinajstić information content (AvgIpc) is 3.52. The maximum absolute atomic E-state index is 14.7. The van der Waals surface area contributed by atoms with Crippen molar-refractivity contribution in [2.24, 2.45) is 5.92 Å². The summed E-state index contributed by atoms with van der Waals surface area (Å²) in [6.45, 7) is 3.46. The number of alkyl halides is 1. The van der Waals surface area contributed by atoms with Crippen molar-refractivity contribution in [1.29, 1.82) is 0 Å². The number of hydrogen-bond acceptors (Lipinski definition) is 11. The molecule has 0 saturated carbocycles. The van der Waals surface area contributed by atoms with E-state index in [9.17, 15) is 24.0 Å². The van der Waals surface area contributed by atoms with Crippen molar-refractivity contribution in [2.45, 2.75) is 63.6 Å². The predicted octanol–water partition coefficient (Wildman–Crippen LogP) is 2.97. The third kappa shape index (κ3) is 6.74. The smallest absolute Gasteiger partial charge is 0.459 e. The van der Waals surface area contributed by atoms with Gasteiger partial charge in [-0.25, -0.2) is 18.5 Å². The lowest BCUT2D eigenvalue weighted by Gasteiger charge is -2.31. The van der Waals surface area contributed by atoms with E-state index in [1.54, 1.807) is 30.3 Å². The first kappa shape index (κ1) is 31.8. The van der Waals surface area contributed by atoms with E-state index in [-0.39, 0.29) is 29.8 Å². The van der Waals surface area contributed by atoms with Crippen molar-refractivity contribution < 1.29 is 42.5 Å². The summed E-state index contributed by atoms with van der Waals surface area (Å²) in [5, 5.41) is 28.5. The van der Waals surface area contributed by atoms with E-state index in [0.29, 0.717) is 5.52 Å². The van der Waals surface area contributed by atoms with E-state index in [0.717, 1.165) is 12.8 Å². The average molecular weight is 610 g/mol. The quantitative estimate of drug-likeness (QED) is 0.155. The van der Waals surface area contributed by atoms with E-state index >= 15 is 0 Å². The van der Waals surface area contributed by atoms with E-state index in [1.165, 1.54) is 29.9 Å². The lowest BCUT2D eigenvalue weighted by molar-refractivity contribution is -0.146. The minimum Gasteiger partial charge on any atom is -0.464 e. The molecule has 1 aromatic carbocycles. The molecule has 1 saturated heterocycles. The Bertz CT molecular complexity index is 1390. The van der Waals surface area contributed by atoms with Crippen LogP contribution in [-0.4, -0.2) is 74.5 Å². The van der Waals surface area contributed by atoms with E-state index in [2.05, 4.69) is 15.2 Å². The van der Waals surface area contributed by atoms with Crippen LogP contribution in [0.3, 0.4) is 0 Å². The summed E-state index contributed by atoms with van der Waals surface area (Å²) in [7, 11) is -4.43. The molecule has 0 aliphatic carbocycles. The lowest BCUT2D eigenvalue weighted by Crippen LogP contribution is -2.49. The summed E-state index contributed by atoms with van der Waals surface area (Å²) in [6, 6.07) is 10.0. The molecule has 0 bridgehead atoms. The summed E-state index contributed by atoms with van der Waals surface area (Å²) in [4.78, 5) is 16.6. The summed E-state index contributed by atoms with van der Waals surface area (Å²) in [5.74, 6) is -0.197. The monoisotopic (exact) mass is 609 g/mol. The number of carbonyl (C=O) groups excluding carboxylic acids is 1. The fourth-order valence-corrected chi connectivity index (χ4v) is 6.15. The molecule has 1 aliphatic rings. The number of aliphatic hydroxyl groups is 2. The first-order valence-electron chi connectivity index (χ1n) is 13.7. The highest BCUT2D eigenvalue weighted by Gasteiger charge is 2.57. The molecule has 230 valence electrons. The van der Waals surface area contributed by atoms with Gasteiger partial charge in [0.05, 0.1) is 18.9 Å². The molecular formula is C27H37FN5O8P. The van der Waals surface area contributed by atoms with Gasteiger partial charge in [-0.05, 0) is 37.1 Å². The molecule has 13 nitrogen and oxygen atoms in total. The van der Waals surface area contributed by atoms with Crippen LogP contribution < -0.4 is 15.3 Å². The number of carbonyl (C=O) groups is 1. The number of nitrogens with zero attached hydrogens (tertiary/aromatic N) is 3. The number of nitrogens with one attached hydrogen (secondary N) is 1. The largest absolute Gasteiger partial charge is 0.464 e. The van der Waals surface area contributed by atoms with Crippen LogP contribution in [0, 0.1) is 5.92 Å². The Morgan fingerprint density at radius 2 is 1.95 bits per heavy atom. The summed E-state index contributed by atoms with van der Waals surface area (Å²) >= 11 is 0. The molecule has 0 unspecified atom stereocenters. The number of aliphatic hydroxyl groups excluding tert-OH is 2. The van der Waals surface area contributed by atoms with Gasteiger partial charge in [-0.2, -0.15) is 10.2 Å². The molecule has 5 N–H and O–H groups in total. The number of para-hydroxylation sites is 1. The number of halogens is 1. The normalized spacial score (nSPS) is 24.5. The number of nitrogens with two attached hydrogens (primary N) is 1. The third-order valence-corrected chi connectivity index (χ3v) is 8.96. The second-order valence-electron chi connectivity index (χ2n) is 10.2. The van der Waals surface area contributed by atoms with Crippen molar-refractivity contribution in [3.05, 3.63) is 54.5 Å². The fourth-order valence-electron chi connectivity index (χ4n) is 4.60. The van der Waals surface area contributed by atoms with Gasteiger partial charge >= 0.3 is 13.7 Å². The van der Waals surface area contributed by atoms with E-state index < -0.39 is 57.0 Å².